The van der Waals surface area contributed by atoms with Crippen molar-refractivity contribution in [3.05, 3.63) is 24.0 Å². The minimum absolute atomic E-state index is 0.770. The fourth-order valence-corrected chi connectivity index (χ4v) is 2.58. The maximum atomic E-state index is 5.64. The maximum Gasteiger partial charge on any atom is 0.0426 e. The summed E-state index contributed by atoms with van der Waals surface area (Å²) in [5.74, 6) is 0.770. The minimum Gasteiger partial charge on any atom is -0.371 e. The van der Waals surface area contributed by atoms with Gasteiger partial charge in [-0.1, -0.05) is 0 Å². The molecule has 0 radical (unpaired) electrons. The summed E-state index contributed by atoms with van der Waals surface area (Å²) in [6, 6.07) is 2.13. The summed E-state index contributed by atoms with van der Waals surface area (Å²) in [7, 11) is 0. The molecule has 2 rings (SSSR count). The molecule has 1 saturated heterocycles. The number of hydrogen-bond acceptors (Lipinski definition) is 3. The van der Waals surface area contributed by atoms with Gasteiger partial charge in [-0.15, -0.1) is 0 Å². The van der Waals surface area contributed by atoms with Crippen molar-refractivity contribution >= 4 is 5.69 Å². The van der Waals surface area contributed by atoms with Crippen LogP contribution in [0.2, 0.25) is 0 Å². The van der Waals surface area contributed by atoms with Gasteiger partial charge in [0.05, 0.1) is 0 Å². The van der Waals surface area contributed by atoms with Gasteiger partial charge in [-0.25, -0.2) is 0 Å². The zero-order chi connectivity index (χ0) is 11.4. The Bertz CT molecular complexity index is 336. The molecule has 88 valence electrons. The van der Waals surface area contributed by atoms with Crippen molar-refractivity contribution in [1.82, 2.24) is 4.98 Å². The summed E-state index contributed by atoms with van der Waals surface area (Å²) in [5.41, 5.74) is 8.26. The highest BCUT2D eigenvalue weighted by atomic mass is 15.1. The third-order valence-electron chi connectivity index (χ3n) is 3.43. The van der Waals surface area contributed by atoms with Crippen LogP contribution in [0.5, 0.6) is 0 Å². The standard InChI is InChI=1S/C13H21N3/c1-11-9-15-7-5-13(11)16-8-2-3-12(10-16)4-6-14/h5,7,9,12H,2-4,6,8,10,14H2,1H3. The van der Waals surface area contributed by atoms with Crippen LogP contribution in [0.1, 0.15) is 24.8 Å². The molecule has 16 heavy (non-hydrogen) atoms. The molecule has 0 aliphatic carbocycles. The summed E-state index contributed by atoms with van der Waals surface area (Å²) in [6.07, 6.45) is 7.60. The Labute approximate surface area is 97.7 Å². The Kier molecular flexibility index (Phi) is 3.78. The van der Waals surface area contributed by atoms with Crippen LogP contribution < -0.4 is 10.6 Å². The van der Waals surface area contributed by atoms with Gasteiger partial charge in [-0.05, 0) is 50.3 Å². The molecule has 2 N–H and O–H groups in total. The van der Waals surface area contributed by atoms with Crippen LogP contribution in [0.25, 0.3) is 0 Å². The topological polar surface area (TPSA) is 42.2 Å². The molecule has 1 aromatic heterocycles. The first kappa shape index (κ1) is 11.4. The van der Waals surface area contributed by atoms with Crippen molar-refractivity contribution in [3.8, 4) is 0 Å². The first-order valence-electron chi connectivity index (χ1n) is 6.17. The van der Waals surface area contributed by atoms with Gasteiger partial charge in [0.2, 0.25) is 0 Å². The zero-order valence-electron chi connectivity index (χ0n) is 10.0. The number of nitrogens with two attached hydrogens (primary N) is 1. The van der Waals surface area contributed by atoms with E-state index in [2.05, 4.69) is 22.9 Å². The second-order valence-corrected chi connectivity index (χ2v) is 4.69. The first-order chi connectivity index (χ1) is 7.81. The van der Waals surface area contributed by atoms with E-state index in [1.165, 1.54) is 30.6 Å². The zero-order valence-corrected chi connectivity index (χ0v) is 10.0. The average Bonchev–Trinajstić information content (AvgIpc) is 2.30. The summed E-state index contributed by atoms with van der Waals surface area (Å²) >= 11 is 0. The van der Waals surface area contributed by atoms with Crippen LogP contribution in [-0.4, -0.2) is 24.6 Å². The molecular formula is C13H21N3. The van der Waals surface area contributed by atoms with Crippen molar-refractivity contribution in [3.63, 3.8) is 0 Å². The van der Waals surface area contributed by atoms with Crippen molar-refractivity contribution in [2.45, 2.75) is 26.2 Å². The van der Waals surface area contributed by atoms with E-state index < -0.39 is 0 Å². The smallest absolute Gasteiger partial charge is 0.0426 e. The monoisotopic (exact) mass is 219 g/mol. The van der Waals surface area contributed by atoms with E-state index in [-0.39, 0.29) is 0 Å². The number of rotatable bonds is 3. The molecular weight excluding hydrogens is 198 g/mol. The molecule has 2 heterocycles. The van der Waals surface area contributed by atoms with E-state index in [9.17, 15) is 0 Å². The Balaban J connectivity index is 2.07. The molecule has 0 saturated carbocycles. The molecule has 0 spiro atoms. The van der Waals surface area contributed by atoms with E-state index in [0.29, 0.717) is 0 Å². The van der Waals surface area contributed by atoms with Gasteiger partial charge in [-0.2, -0.15) is 0 Å². The quantitative estimate of drug-likeness (QED) is 0.845. The lowest BCUT2D eigenvalue weighted by molar-refractivity contribution is 0.396. The summed E-state index contributed by atoms with van der Waals surface area (Å²) in [5, 5.41) is 0. The second kappa shape index (κ2) is 5.30. The van der Waals surface area contributed by atoms with Gasteiger partial charge in [0.1, 0.15) is 0 Å². The summed E-state index contributed by atoms with van der Waals surface area (Å²) < 4.78 is 0. The van der Waals surface area contributed by atoms with Crippen LogP contribution in [0.3, 0.4) is 0 Å². The first-order valence-corrected chi connectivity index (χ1v) is 6.17. The van der Waals surface area contributed by atoms with Crippen molar-refractivity contribution in [2.24, 2.45) is 11.7 Å². The number of anilines is 1. The predicted molar refractivity (Wildman–Crippen MR) is 67.6 cm³/mol. The lowest BCUT2D eigenvalue weighted by atomic mass is 9.94. The molecule has 1 atom stereocenters. The second-order valence-electron chi connectivity index (χ2n) is 4.69. The van der Waals surface area contributed by atoms with Crippen molar-refractivity contribution in [1.29, 1.82) is 0 Å². The summed E-state index contributed by atoms with van der Waals surface area (Å²) in [4.78, 5) is 6.64. The fourth-order valence-electron chi connectivity index (χ4n) is 2.58. The number of piperidine rings is 1. The third-order valence-corrected chi connectivity index (χ3v) is 3.43. The molecule has 1 aliphatic rings. The Morgan fingerprint density at radius 2 is 2.44 bits per heavy atom. The molecule has 1 fully saturated rings. The van der Waals surface area contributed by atoms with Gasteiger partial charge in [0.15, 0.2) is 0 Å². The fraction of sp³-hybridized carbons (Fsp3) is 0.615. The number of hydrogen-bond donors (Lipinski definition) is 1. The normalized spacial score (nSPS) is 21.1. The molecule has 3 nitrogen and oxygen atoms in total. The Morgan fingerprint density at radius 1 is 1.56 bits per heavy atom. The number of pyridine rings is 1. The summed E-state index contributed by atoms with van der Waals surface area (Å²) in [6.45, 7) is 5.27. The van der Waals surface area contributed by atoms with E-state index in [1.54, 1.807) is 0 Å². The Hall–Kier alpha value is -1.09. The number of aromatic nitrogens is 1. The lowest BCUT2D eigenvalue weighted by Crippen LogP contribution is -2.36. The highest BCUT2D eigenvalue weighted by Crippen LogP contribution is 2.26. The van der Waals surface area contributed by atoms with Crippen LogP contribution >= 0.6 is 0 Å². The Morgan fingerprint density at radius 3 is 3.19 bits per heavy atom. The SMILES string of the molecule is Cc1cnccc1N1CCCC(CCN)C1. The van der Waals surface area contributed by atoms with Crippen LogP contribution in [0.4, 0.5) is 5.69 Å². The highest BCUT2D eigenvalue weighted by Gasteiger charge is 2.20. The number of nitrogens with zero attached hydrogens (tertiary/aromatic N) is 2. The van der Waals surface area contributed by atoms with E-state index in [0.717, 1.165) is 25.4 Å². The van der Waals surface area contributed by atoms with Gasteiger partial charge in [-0.3, -0.25) is 4.98 Å². The van der Waals surface area contributed by atoms with E-state index >= 15 is 0 Å². The average molecular weight is 219 g/mol. The third kappa shape index (κ3) is 2.53. The van der Waals surface area contributed by atoms with Gasteiger partial charge in [0, 0.05) is 31.2 Å². The molecule has 0 amide bonds. The lowest BCUT2D eigenvalue weighted by Gasteiger charge is -2.35. The maximum absolute atomic E-state index is 5.64. The highest BCUT2D eigenvalue weighted by molar-refractivity contribution is 5.51. The molecule has 0 aromatic carbocycles. The van der Waals surface area contributed by atoms with Crippen molar-refractivity contribution < 1.29 is 0 Å². The minimum atomic E-state index is 0.770. The molecule has 1 unspecified atom stereocenters. The van der Waals surface area contributed by atoms with Crippen LogP contribution in [-0.2, 0) is 0 Å². The molecule has 3 heteroatoms. The number of aryl methyl sites for hydroxylation is 1. The van der Waals surface area contributed by atoms with Gasteiger partial charge >= 0.3 is 0 Å². The van der Waals surface area contributed by atoms with Crippen LogP contribution in [0, 0.1) is 12.8 Å². The van der Waals surface area contributed by atoms with Gasteiger partial charge < -0.3 is 10.6 Å². The predicted octanol–water partition coefficient (Wildman–Crippen LogP) is 1.96. The van der Waals surface area contributed by atoms with Crippen LogP contribution in [0.15, 0.2) is 18.5 Å². The van der Waals surface area contributed by atoms with E-state index in [1.807, 2.05) is 12.4 Å². The van der Waals surface area contributed by atoms with Gasteiger partial charge in [0.25, 0.3) is 0 Å². The van der Waals surface area contributed by atoms with Crippen molar-refractivity contribution in [2.75, 3.05) is 24.5 Å². The van der Waals surface area contributed by atoms with E-state index in [4.69, 9.17) is 5.73 Å². The molecule has 1 aliphatic heterocycles. The molecule has 0 bridgehead atoms. The largest absolute Gasteiger partial charge is 0.371 e. The molecule has 1 aromatic rings.